The third kappa shape index (κ3) is 18.2. The maximum Gasteiger partial charge on any atom is 1.00 e. The van der Waals surface area contributed by atoms with E-state index in [9.17, 15) is 13.0 Å². The Kier molecular flexibility index (Phi) is 21.0. The summed E-state index contributed by atoms with van der Waals surface area (Å²) in [7, 11) is -4.20. The van der Waals surface area contributed by atoms with Crippen LogP contribution in [0.25, 0.3) is 0 Å². The average Bonchev–Trinajstić information content (AvgIpc) is 2.77. The summed E-state index contributed by atoms with van der Waals surface area (Å²) in [6, 6.07) is 6.35. The molecular formula is C28H49NaO4S. The average molecular weight is 505 g/mol. The van der Waals surface area contributed by atoms with E-state index in [2.05, 4.69) is 26.0 Å². The largest absolute Gasteiger partial charge is 1.00 e. The molecular weight excluding hydrogens is 455 g/mol. The van der Waals surface area contributed by atoms with Crippen molar-refractivity contribution < 1.29 is 47.3 Å². The van der Waals surface area contributed by atoms with Gasteiger partial charge >= 0.3 is 29.6 Å². The fourth-order valence-electron chi connectivity index (χ4n) is 4.30. The second-order valence-electron chi connectivity index (χ2n) is 9.65. The van der Waals surface area contributed by atoms with Crippen LogP contribution >= 0.6 is 0 Å². The van der Waals surface area contributed by atoms with E-state index >= 15 is 0 Å². The van der Waals surface area contributed by atoms with Crippen molar-refractivity contribution in [3.63, 3.8) is 0 Å². The molecule has 192 valence electrons. The van der Waals surface area contributed by atoms with E-state index in [1.807, 2.05) is 13.0 Å². The van der Waals surface area contributed by atoms with Crippen LogP contribution in [0.3, 0.4) is 0 Å². The zero-order chi connectivity index (χ0) is 24.4. The summed E-state index contributed by atoms with van der Waals surface area (Å²) < 4.78 is 38.7. The molecule has 0 radical (unpaired) electrons. The first kappa shape index (κ1) is 33.9. The molecule has 34 heavy (non-hydrogen) atoms. The van der Waals surface area contributed by atoms with E-state index in [1.165, 1.54) is 101 Å². The Morgan fingerprint density at radius 1 is 0.765 bits per heavy atom. The van der Waals surface area contributed by atoms with Gasteiger partial charge in [-0.2, -0.15) is 0 Å². The number of rotatable bonds is 21. The second kappa shape index (κ2) is 21.1. The maximum atomic E-state index is 10.9. The summed E-state index contributed by atoms with van der Waals surface area (Å²) in [6.45, 7) is 6.34. The van der Waals surface area contributed by atoms with Crippen LogP contribution in [0.2, 0.25) is 0 Å². The van der Waals surface area contributed by atoms with E-state index in [-0.39, 0.29) is 47.8 Å². The van der Waals surface area contributed by atoms with E-state index in [0.717, 1.165) is 18.6 Å². The Morgan fingerprint density at radius 3 is 1.74 bits per heavy atom. The van der Waals surface area contributed by atoms with Crippen LogP contribution in [-0.4, -0.2) is 24.8 Å². The van der Waals surface area contributed by atoms with Crippen LogP contribution in [0, 0.1) is 0 Å². The van der Waals surface area contributed by atoms with Gasteiger partial charge in [0.25, 0.3) is 0 Å². The van der Waals surface area contributed by atoms with Gasteiger partial charge in [-0.1, -0.05) is 97.0 Å². The first-order chi connectivity index (χ1) is 15.9. The Balaban J connectivity index is 0.0000109. The molecule has 1 aromatic rings. The molecule has 1 unspecified atom stereocenters. The van der Waals surface area contributed by atoms with Gasteiger partial charge in [0.2, 0.25) is 0 Å². The molecule has 0 saturated carbocycles. The summed E-state index contributed by atoms with van der Waals surface area (Å²) in [4.78, 5) is 0. The molecule has 1 rings (SSSR count). The van der Waals surface area contributed by atoms with Gasteiger partial charge in [-0.05, 0) is 62.3 Å². The third-order valence-corrected chi connectivity index (χ3v) is 7.12. The van der Waals surface area contributed by atoms with Crippen LogP contribution in [0.5, 0.6) is 5.75 Å². The Bertz CT molecular complexity index is 721. The molecule has 0 aromatic heterocycles. The van der Waals surface area contributed by atoms with Gasteiger partial charge in [0.15, 0.2) is 0 Å². The quantitative estimate of drug-likeness (QED) is 0.135. The van der Waals surface area contributed by atoms with Crippen LogP contribution < -0.4 is 34.3 Å². The first-order valence-corrected chi connectivity index (χ1v) is 15.2. The van der Waals surface area contributed by atoms with Crippen molar-refractivity contribution in [1.29, 1.82) is 0 Å². The van der Waals surface area contributed by atoms with Crippen molar-refractivity contribution in [1.82, 2.24) is 0 Å². The van der Waals surface area contributed by atoms with Gasteiger partial charge in [-0.15, -0.1) is 0 Å². The fraction of sp³-hybridized carbons (Fsp3) is 0.786. The van der Waals surface area contributed by atoms with Crippen molar-refractivity contribution in [3.05, 3.63) is 29.3 Å². The van der Waals surface area contributed by atoms with Crippen LogP contribution in [0.15, 0.2) is 18.2 Å². The second-order valence-corrected chi connectivity index (χ2v) is 11.2. The molecule has 4 nitrogen and oxygen atoms in total. The minimum atomic E-state index is -4.20. The minimum absolute atomic E-state index is 0. The number of hydrogen-bond acceptors (Lipinski definition) is 4. The fourth-order valence-corrected chi connectivity index (χ4v) is 4.92. The molecule has 0 aliphatic carbocycles. The van der Waals surface area contributed by atoms with E-state index in [0.29, 0.717) is 0 Å². The number of ether oxygens (including phenoxy) is 1. The number of aryl methyl sites for hydroxylation is 2. The van der Waals surface area contributed by atoms with Crippen molar-refractivity contribution in [2.75, 3.05) is 5.75 Å². The molecule has 6 heteroatoms. The van der Waals surface area contributed by atoms with Crippen molar-refractivity contribution in [2.45, 2.75) is 136 Å². The number of hydrogen-bond donors (Lipinski definition) is 0. The number of benzene rings is 1. The molecule has 0 spiro atoms. The van der Waals surface area contributed by atoms with E-state index in [4.69, 9.17) is 4.74 Å². The Labute approximate surface area is 233 Å². The van der Waals surface area contributed by atoms with Crippen molar-refractivity contribution in [3.8, 4) is 5.75 Å². The Hall–Kier alpha value is -0.0700. The van der Waals surface area contributed by atoms with E-state index in [1.54, 1.807) is 0 Å². The SMILES string of the molecule is CCCCCCCCCc1ccc(OC(C)CCS(=O)(=O)[O-])cc1CCCCCCCCC.[Na+]. The molecule has 1 aromatic carbocycles. The minimum Gasteiger partial charge on any atom is -0.748 e. The Morgan fingerprint density at radius 2 is 1.24 bits per heavy atom. The predicted octanol–water partition coefficient (Wildman–Crippen LogP) is 4.98. The van der Waals surface area contributed by atoms with Gasteiger partial charge in [0.1, 0.15) is 5.75 Å². The molecule has 0 N–H and O–H groups in total. The molecule has 0 bridgehead atoms. The smallest absolute Gasteiger partial charge is 0.748 e. The molecule has 0 amide bonds. The third-order valence-electron chi connectivity index (χ3n) is 6.39. The van der Waals surface area contributed by atoms with Crippen LogP contribution in [-0.2, 0) is 23.0 Å². The van der Waals surface area contributed by atoms with Crippen LogP contribution in [0.1, 0.15) is 128 Å². The van der Waals surface area contributed by atoms with Gasteiger partial charge in [0, 0.05) is 5.75 Å². The van der Waals surface area contributed by atoms with Gasteiger partial charge in [-0.25, -0.2) is 8.42 Å². The maximum absolute atomic E-state index is 10.9. The van der Waals surface area contributed by atoms with Gasteiger partial charge < -0.3 is 9.29 Å². The molecule has 1 atom stereocenters. The zero-order valence-corrected chi connectivity index (χ0v) is 25.4. The summed E-state index contributed by atoms with van der Waals surface area (Å²) in [5, 5.41) is 0. The molecule has 0 heterocycles. The number of unbranched alkanes of at least 4 members (excludes halogenated alkanes) is 12. The normalized spacial score (nSPS) is 12.4. The summed E-state index contributed by atoms with van der Waals surface area (Å²) in [6.07, 6.45) is 20.4. The van der Waals surface area contributed by atoms with Gasteiger partial charge in [0.05, 0.1) is 16.2 Å². The standard InChI is InChI=1S/C28H50O4S.Na/c1-4-6-8-10-12-14-16-18-26-20-21-28(32-25(3)22-23-33(29,30)31)24-27(26)19-17-15-13-11-9-7-5-2;/h20-21,24-25H,4-19,22-23H2,1-3H3,(H,29,30,31);/q;+1/p-1. The van der Waals surface area contributed by atoms with E-state index < -0.39 is 10.1 Å². The zero-order valence-electron chi connectivity index (χ0n) is 22.6. The summed E-state index contributed by atoms with van der Waals surface area (Å²) in [5.74, 6) is 0.405. The van der Waals surface area contributed by atoms with Crippen molar-refractivity contribution in [2.24, 2.45) is 0 Å². The first-order valence-electron chi connectivity index (χ1n) is 13.6. The van der Waals surface area contributed by atoms with Gasteiger partial charge in [-0.3, -0.25) is 0 Å². The van der Waals surface area contributed by atoms with Crippen LogP contribution in [0.4, 0.5) is 0 Å². The molecule has 0 aliphatic heterocycles. The molecule has 0 aliphatic rings. The molecule has 0 fully saturated rings. The predicted molar refractivity (Wildman–Crippen MR) is 139 cm³/mol. The van der Waals surface area contributed by atoms with Crippen molar-refractivity contribution >= 4 is 10.1 Å². The summed E-state index contributed by atoms with van der Waals surface area (Å²) >= 11 is 0. The molecule has 0 saturated heterocycles. The monoisotopic (exact) mass is 504 g/mol. The summed E-state index contributed by atoms with van der Waals surface area (Å²) in [5.41, 5.74) is 2.80. The topological polar surface area (TPSA) is 66.4 Å².